The predicted molar refractivity (Wildman–Crippen MR) is 271 cm³/mol. The molecule has 0 fully saturated rings. The largest absolute Gasteiger partial charge is 0.0622 e. The maximum atomic E-state index is 4.72. The summed E-state index contributed by atoms with van der Waals surface area (Å²) in [7, 11) is 3.49. The zero-order valence-electron chi connectivity index (χ0n) is 33.9. The summed E-state index contributed by atoms with van der Waals surface area (Å²) >= 11 is 1.06. The molecule has 0 N–H and O–H groups in total. The first kappa shape index (κ1) is 46.0. The average Bonchev–Trinajstić information content (AvgIpc) is 3.35. The minimum absolute atomic E-state index is 0.309. The molecule has 0 heterocycles. The molecule has 0 nitrogen and oxygen atoms in total. The van der Waals surface area contributed by atoms with Crippen LogP contribution < -0.4 is 42.4 Å². The molecular weight excluding hydrogens is 992 g/mol. The smallest absolute Gasteiger partial charge is 0.0195 e. The van der Waals surface area contributed by atoms with Crippen molar-refractivity contribution in [1.29, 1.82) is 0 Å². The summed E-state index contributed by atoms with van der Waals surface area (Å²) in [4.78, 5) is 0. The van der Waals surface area contributed by atoms with E-state index in [2.05, 4.69) is 243 Å². The Labute approximate surface area is 379 Å². The maximum absolute atomic E-state index is 4.72. The molecule has 0 bridgehead atoms. The van der Waals surface area contributed by atoms with Gasteiger partial charge in [-0.3, -0.25) is 0 Å². The second-order valence-corrected chi connectivity index (χ2v) is 23.3. The van der Waals surface area contributed by atoms with Crippen molar-refractivity contribution >= 4 is 83.5 Å². The van der Waals surface area contributed by atoms with Crippen LogP contribution in [0.3, 0.4) is 0 Å². The number of halogens is 1. The van der Waals surface area contributed by atoms with Crippen molar-refractivity contribution in [3.63, 3.8) is 0 Å². The van der Waals surface area contributed by atoms with Crippen molar-refractivity contribution in [2.75, 3.05) is 24.6 Å². The predicted octanol–water partition coefficient (Wildman–Crippen LogP) is 12.0. The molecule has 0 saturated heterocycles. The fourth-order valence-corrected chi connectivity index (χ4v) is 17.2. The Morgan fingerprint density at radius 3 is 0.450 bits per heavy atom. The van der Waals surface area contributed by atoms with Gasteiger partial charge in [-0.2, -0.15) is 0 Å². The molecule has 0 aliphatic rings. The second-order valence-electron chi connectivity index (χ2n) is 14.0. The van der Waals surface area contributed by atoms with E-state index in [0.29, 0.717) is 0 Å². The SMILES string of the molecule is [Cl][W].c1ccc(P(CCCP(c2ccccc2)c2ccccc2)c2ccccc2)cc1.c1ccc(P(CCCP(c2ccccc2)c2ccccc2)c2ccccc2)cc1. The van der Waals surface area contributed by atoms with Crippen molar-refractivity contribution in [1.82, 2.24) is 0 Å². The van der Waals surface area contributed by atoms with Crippen LogP contribution in [0, 0.1) is 0 Å². The van der Waals surface area contributed by atoms with Gasteiger partial charge in [0, 0.05) is 0 Å². The van der Waals surface area contributed by atoms with Gasteiger partial charge in [0.05, 0.1) is 0 Å². The van der Waals surface area contributed by atoms with Gasteiger partial charge in [-0.15, -0.1) is 0 Å². The third kappa shape index (κ3) is 14.3. The third-order valence-electron chi connectivity index (χ3n) is 10.1. The minimum Gasteiger partial charge on any atom is -0.0622 e. The van der Waals surface area contributed by atoms with E-state index in [9.17, 15) is 0 Å². The van der Waals surface area contributed by atoms with Crippen LogP contribution in [-0.4, -0.2) is 24.6 Å². The van der Waals surface area contributed by atoms with Gasteiger partial charge in [-0.1, -0.05) is 243 Å². The van der Waals surface area contributed by atoms with Gasteiger partial charge in [0.1, 0.15) is 0 Å². The number of rotatable bonds is 16. The Morgan fingerprint density at radius 1 is 0.217 bits per heavy atom. The fourth-order valence-electron chi connectivity index (χ4n) is 7.27. The quantitative estimate of drug-likeness (QED) is 0.0846. The Balaban J connectivity index is 0.000000193. The molecule has 0 unspecified atom stereocenters. The van der Waals surface area contributed by atoms with Crippen LogP contribution in [-0.2, 0) is 18.8 Å². The molecule has 8 aromatic rings. The van der Waals surface area contributed by atoms with E-state index in [0.717, 1.165) is 18.8 Å². The van der Waals surface area contributed by atoms with Crippen molar-refractivity contribution in [2.24, 2.45) is 0 Å². The van der Waals surface area contributed by atoms with Gasteiger partial charge < -0.3 is 0 Å². The number of hydrogen-bond donors (Lipinski definition) is 0. The number of hydrogen-bond acceptors (Lipinski definition) is 0. The first-order valence-electron chi connectivity index (χ1n) is 20.5. The molecule has 0 aliphatic carbocycles. The summed E-state index contributed by atoms with van der Waals surface area (Å²) in [5.74, 6) is 0. The molecule has 8 aromatic carbocycles. The van der Waals surface area contributed by atoms with Crippen LogP contribution in [0.2, 0.25) is 0 Å². The molecule has 0 aliphatic heterocycles. The van der Waals surface area contributed by atoms with Crippen molar-refractivity contribution in [2.45, 2.75) is 12.8 Å². The van der Waals surface area contributed by atoms with E-state index in [4.69, 9.17) is 9.42 Å². The molecule has 0 spiro atoms. The summed E-state index contributed by atoms with van der Waals surface area (Å²) in [6, 6.07) is 88.6. The van der Waals surface area contributed by atoms with Gasteiger partial charge in [0.2, 0.25) is 0 Å². The third-order valence-corrected chi connectivity index (χ3v) is 20.5. The Bertz CT molecular complexity index is 1800. The summed E-state index contributed by atoms with van der Waals surface area (Å²) in [5, 5.41) is 11.9. The molecule has 8 rings (SSSR count). The number of benzene rings is 8. The maximum Gasteiger partial charge on any atom is -0.0195 e. The van der Waals surface area contributed by atoms with Crippen LogP contribution in [0.1, 0.15) is 12.8 Å². The van der Waals surface area contributed by atoms with Gasteiger partial charge in [0.25, 0.3) is 0 Å². The minimum atomic E-state index is -0.309. The summed E-state index contributed by atoms with van der Waals surface area (Å²) in [6.07, 6.45) is 7.43. The summed E-state index contributed by atoms with van der Waals surface area (Å²) in [5.41, 5.74) is 0. The van der Waals surface area contributed by atoms with Crippen LogP contribution >= 0.6 is 41.1 Å². The monoisotopic (exact) mass is 1040 g/mol. The first-order chi connectivity index (χ1) is 29.8. The van der Waals surface area contributed by atoms with Gasteiger partial charge >= 0.3 is 28.2 Å². The van der Waals surface area contributed by atoms with E-state index < -0.39 is 0 Å². The summed E-state index contributed by atoms with van der Waals surface area (Å²) < 4.78 is 0. The van der Waals surface area contributed by atoms with Crippen LogP contribution in [0.4, 0.5) is 0 Å². The zero-order valence-corrected chi connectivity index (χ0v) is 41.2. The van der Waals surface area contributed by atoms with Crippen molar-refractivity contribution in [3.05, 3.63) is 243 Å². The van der Waals surface area contributed by atoms with E-state index in [-0.39, 0.29) is 31.7 Å². The fraction of sp³-hybridized carbons (Fsp3) is 0.111. The molecular formula is C54H52ClP4W. The Kier molecular flexibility index (Phi) is 20.5. The van der Waals surface area contributed by atoms with Crippen LogP contribution in [0.5, 0.6) is 0 Å². The topological polar surface area (TPSA) is 0 Å². The van der Waals surface area contributed by atoms with E-state index >= 15 is 0 Å². The molecule has 0 aromatic heterocycles. The van der Waals surface area contributed by atoms with Crippen molar-refractivity contribution < 1.29 is 18.8 Å². The van der Waals surface area contributed by atoms with E-state index in [1.54, 1.807) is 0 Å². The molecule has 0 radical (unpaired) electrons. The van der Waals surface area contributed by atoms with Crippen molar-refractivity contribution in [3.8, 4) is 0 Å². The Hall–Kier alpha value is -3.54. The van der Waals surface area contributed by atoms with Gasteiger partial charge in [-0.25, -0.2) is 0 Å². The van der Waals surface area contributed by atoms with Crippen LogP contribution in [0.15, 0.2) is 243 Å². The van der Waals surface area contributed by atoms with E-state index in [1.165, 1.54) is 79.9 Å². The molecule has 60 heavy (non-hydrogen) atoms. The standard InChI is InChI=1S/2C27H26P2.ClH.W/c2*1-5-14-24(15-6-1)28(25-16-7-2-8-17-25)22-13-23-29(26-18-9-3-10-19-26)27-20-11-4-12-21-27;;/h2*1-12,14-21H,13,22-23H2;1H;/q;;;+1/p-1. The van der Waals surface area contributed by atoms with E-state index in [1.807, 2.05) is 0 Å². The second kappa shape index (κ2) is 26.7. The normalized spacial score (nSPS) is 10.8. The molecule has 0 saturated carbocycles. The van der Waals surface area contributed by atoms with Gasteiger partial charge in [0.15, 0.2) is 0 Å². The zero-order chi connectivity index (χ0) is 41.5. The van der Waals surface area contributed by atoms with Crippen LogP contribution in [0.25, 0.3) is 0 Å². The molecule has 301 valence electrons. The summed E-state index contributed by atoms with van der Waals surface area (Å²) in [6.45, 7) is 0. The molecule has 6 heteroatoms. The molecule has 0 amide bonds. The first-order valence-corrected chi connectivity index (χ1v) is 30.2. The molecule has 0 atom stereocenters. The van der Waals surface area contributed by atoms with Gasteiger partial charge in [-0.05, 0) is 112 Å². The Morgan fingerprint density at radius 2 is 0.333 bits per heavy atom. The average molecular weight is 1040 g/mol.